The second-order valence-corrected chi connectivity index (χ2v) is 5.27. The van der Waals surface area contributed by atoms with Crippen LogP contribution in [0.1, 0.15) is 27.2 Å². The van der Waals surface area contributed by atoms with Crippen LogP contribution >= 0.6 is 11.8 Å². The van der Waals surface area contributed by atoms with Crippen LogP contribution in [0.15, 0.2) is 5.16 Å². The van der Waals surface area contributed by atoms with Crippen molar-refractivity contribution in [3.05, 3.63) is 10.1 Å². The van der Waals surface area contributed by atoms with E-state index in [9.17, 15) is 14.9 Å². The summed E-state index contributed by atoms with van der Waals surface area (Å²) in [7, 11) is 0. The van der Waals surface area contributed by atoms with Gasteiger partial charge in [0.25, 0.3) is 0 Å². The molecule has 1 N–H and O–H groups in total. The Hall–Kier alpha value is -1.31. The summed E-state index contributed by atoms with van der Waals surface area (Å²) in [4.78, 5) is 21.6. The van der Waals surface area contributed by atoms with Gasteiger partial charge in [-0.05, 0) is 6.92 Å². The molecule has 0 radical (unpaired) electrons. The number of nitro groups is 1. The van der Waals surface area contributed by atoms with E-state index < -0.39 is 15.7 Å². The fourth-order valence-electron chi connectivity index (χ4n) is 1.10. The van der Waals surface area contributed by atoms with Crippen molar-refractivity contribution in [1.82, 2.24) is 0 Å². The first-order valence-electron chi connectivity index (χ1n) is 5.45. The Labute approximate surface area is 110 Å². The Bertz CT molecular complexity index is 319. The molecule has 8 heteroatoms. The first-order chi connectivity index (χ1) is 8.36. The molecule has 0 aliphatic carbocycles. The predicted octanol–water partition coefficient (Wildman–Crippen LogP) is 1.56. The predicted molar refractivity (Wildman–Crippen MR) is 68.8 cm³/mol. The summed E-state index contributed by atoms with van der Waals surface area (Å²) in [5.74, 6) is 0.0240. The molecule has 0 aromatic heterocycles. The van der Waals surface area contributed by atoms with Gasteiger partial charge in [-0.2, -0.15) is 0 Å². The van der Waals surface area contributed by atoms with E-state index >= 15 is 0 Å². The Balaban J connectivity index is 4.39. The van der Waals surface area contributed by atoms with E-state index in [1.807, 2.05) is 0 Å². The highest BCUT2D eigenvalue weighted by molar-refractivity contribution is 8.00. The van der Waals surface area contributed by atoms with Crippen molar-refractivity contribution in [1.29, 1.82) is 0 Å². The number of nitrogens with zero attached hydrogens (tertiary/aromatic N) is 2. The molecular formula is C10H18N2O5S. The molecule has 0 rings (SSSR count). The van der Waals surface area contributed by atoms with E-state index in [2.05, 4.69) is 5.16 Å². The average Bonchev–Trinajstić information content (AvgIpc) is 2.28. The Kier molecular flexibility index (Phi) is 7.33. The van der Waals surface area contributed by atoms with Crippen molar-refractivity contribution in [2.24, 2.45) is 5.16 Å². The minimum absolute atomic E-state index is 0.169. The lowest BCUT2D eigenvalue weighted by Crippen LogP contribution is -2.43. The van der Waals surface area contributed by atoms with Crippen molar-refractivity contribution >= 4 is 23.9 Å². The number of carbonyl (C=O) groups is 1. The molecule has 104 valence electrons. The summed E-state index contributed by atoms with van der Waals surface area (Å²) in [6.07, 6.45) is 1.28. The van der Waals surface area contributed by atoms with Crippen molar-refractivity contribution < 1.29 is 19.7 Å². The number of carbonyl (C=O) groups excluding carboxylic acids is 1. The summed E-state index contributed by atoms with van der Waals surface area (Å²) in [6.45, 7) is 4.90. The largest absolute Gasteiger partial charge is 0.466 e. The zero-order valence-corrected chi connectivity index (χ0v) is 11.5. The normalized spacial score (nSPS) is 13.5. The highest BCUT2D eigenvalue weighted by atomic mass is 32.2. The zero-order valence-electron chi connectivity index (χ0n) is 10.7. The smallest absolute Gasteiger partial charge is 0.306 e. The second kappa shape index (κ2) is 7.91. The molecule has 1 unspecified atom stereocenters. The van der Waals surface area contributed by atoms with E-state index in [0.29, 0.717) is 12.4 Å². The lowest BCUT2D eigenvalue weighted by molar-refractivity contribution is -0.556. The Morgan fingerprint density at radius 2 is 2.28 bits per heavy atom. The van der Waals surface area contributed by atoms with Gasteiger partial charge in [-0.3, -0.25) is 14.9 Å². The minimum atomic E-state index is -1.27. The van der Waals surface area contributed by atoms with Crippen LogP contribution in [0.3, 0.4) is 0 Å². The third kappa shape index (κ3) is 5.35. The van der Waals surface area contributed by atoms with Gasteiger partial charge in [-0.1, -0.05) is 0 Å². The van der Waals surface area contributed by atoms with Crippen LogP contribution < -0.4 is 0 Å². The standard InChI is InChI=1S/C10H18N2O5S/c1-4-17-9(13)5-6-18-8(7-11-14)10(2,3)12(15)16/h7-8,14H,4-6H2,1-3H3. The maximum Gasteiger partial charge on any atom is 0.306 e. The fourth-order valence-corrected chi connectivity index (χ4v) is 2.27. The molecule has 0 saturated carbocycles. The maximum atomic E-state index is 11.1. The molecule has 0 aliphatic rings. The SMILES string of the molecule is CCOC(=O)CCSC(C=NO)C(C)(C)[N+](=O)[O-]. The van der Waals surface area contributed by atoms with Gasteiger partial charge in [0.15, 0.2) is 0 Å². The van der Waals surface area contributed by atoms with Gasteiger partial charge < -0.3 is 9.94 Å². The topological polar surface area (TPSA) is 102 Å². The van der Waals surface area contributed by atoms with E-state index in [1.165, 1.54) is 25.6 Å². The Morgan fingerprint density at radius 1 is 1.67 bits per heavy atom. The van der Waals surface area contributed by atoms with Crippen LogP contribution in [-0.2, 0) is 9.53 Å². The molecule has 0 aromatic rings. The van der Waals surface area contributed by atoms with Crippen LogP contribution in [0.4, 0.5) is 0 Å². The van der Waals surface area contributed by atoms with Crippen LogP contribution in [0.25, 0.3) is 0 Å². The first-order valence-corrected chi connectivity index (χ1v) is 6.50. The Morgan fingerprint density at radius 3 is 2.72 bits per heavy atom. The van der Waals surface area contributed by atoms with Crippen molar-refractivity contribution in [2.75, 3.05) is 12.4 Å². The maximum absolute atomic E-state index is 11.1. The third-order valence-corrected chi connectivity index (χ3v) is 3.78. The molecule has 0 fully saturated rings. The molecule has 0 spiro atoms. The summed E-state index contributed by atoms with van der Waals surface area (Å²) >= 11 is 1.18. The molecule has 0 amide bonds. The molecule has 0 bridgehead atoms. The van der Waals surface area contributed by atoms with Gasteiger partial charge in [-0.25, -0.2) is 0 Å². The van der Waals surface area contributed by atoms with E-state index in [-0.39, 0.29) is 12.4 Å². The number of hydrogen-bond acceptors (Lipinski definition) is 7. The van der Waals surface area contributed by atoms with Crippen LogP contribution in [0.2, 0.25) is 0 Å². The minimum Gasteiger partial charge on any atom is -0.466 e. The molecule has 0 aliphatic heterocycles. The van der Waals surface area contributed by atoms with Crippen LogP contribution in [-0.4, -0.2) is 45.5 Å². The van der Waals surface area contributed by atoms with E-state index in [4.69, 9.17) is 9.94 Å². The number of rotatable bonds is 8. The van der Waals surface area contributed by atoms with Crippen LogP contribution in [0.5, 0.6) is 0 Å². The molecule has 0 aromatic carbocycles. The summed E-state index contributed by atoms with van der Waals surface area (Å²) in [5.41, 5.74) is -1.27. The van der Waals surface area contributed by atoms with Gasteiger partial charge in [0.1, 0.15) is 5.25 Å². The quantitative estimate of drug-likeness (QED) is 0.238. The van der Waals surface area contributed by atoms with Gasteiger partial charge in [0.05, 0.1) is 19.2 Å². The number of esters is 1. The number of ether oxygens (including phenoxy) is 1. The highest BCUT2D eigenvalue weighted by Gasteiger charge is 2.40. The highest BCUT2D eigenvalue weighted by Crippen LogP contribution is 2.25. The summed E-state index contributed by atoms with van der Waals surface area (Å²) in [5, 5.41) is 21.6. The molecule has 0 heterocycles. The number of oxime groups is 1. The lowest BCUT2D eigenvalue weighted by Gasteiger charge is -2.22. The van der Waals surface area contributed by atoms with Gasteiger partial charge >= 0.3 is 5.97 Å². The lowest BCUT2D eigenvalue weighted by atomic mass is 10.0. The van der Waals surface area contributed by atoms with Crippen LogP contribution in [0, 0.1) is 10.1 Å². The molecule has 18 heavy (non-hydrogen) atoms. The zero-order chi connectivity index (χ0) is 14.2. The molecule has 0 saturated heterocycles. The first kappa shape index (κ1) is 16.7. The average molecular weight is 278 g/mol. The summed E-state index contributed by atoms with van der Waals surface area (Å²) in [6, 6.07) is 0. The second-order valence-electron chi connectivity index (χ2n) is 4.02. The fraction of sp³-hybridized carbons (Fsp3) is 0.800. The third-order valence-electron chi connectivity index (χ3n) is 2.28. The van der Waals surface area contributed by atoms with Crippen molar-refractivity contribution in [2.45, 2.75) is 38.0 Å². The van der Waals surface area contributed by atoms with Gasteiger partial charge in [0.2, 0.25) is 5.54 Å². The van der Waals surface area contributed by atoms with Gasteiger partial charge in [0, 0.05) is 24.5 Å². The molecule has 7 nitrogen and oxygen atoms in total. The van der Waals surface area contributed by atoms with Crippen molar-refractivity contribution in [3.63, 3.8) is 0 Å². The number of thioether (sulfide) groups is 1. The van der Waals surface area contributed by atoms with Crippen molar-refractivity contribution in [3.8, 4) is 0 Å². The monoisotopic (exact) mass is 278 g/mol. The van der Waals surface area contributed by atoms with E-state index in [1.54, 1.807) is 6.92 Å². The molecule has 1 atom stereocenters. The number of hydrogen-bond donors (Lipinski definition) is 1. The van der Waals surface area contributed by atoms with Gasteiger partial charge in [-0.15, -0.1) is 16.9 Å². The summed E-state index contributed by atoms with van der Waals surface area (Å²) < 4.78 is 4.75. The van der Waals surface area contributed by atoms with E-state index in [0.717, 1.165) is 6.21 Å². The molecular weight excluding hydrogens is 260 g/mol.